The minimum atomic E-state index is 0.590. The first-order valence-corrected chi connectivity index (χ1v) is 4.10. The number of nitrogens with zero attached hydrogens (tertiary/aromatic N) is 1. The van der Waals surface area contributed by atoms with Crippen LogP contribution in [0.4, 0.5) is 0 Å². The van der Waals surface area contributed by atoms with Gasteiger partial charge in [0.1, 0.15) is 0 Å². The first kappa shape index (κ1) is 9.16. The summed E-state index contributed by atoms with van der Waals surface area (Å²) >= 11 is 0. The molecule has 0 aliphatic carbocycles. The highest BCUT2D eigenvalue weighted by Gasteiger charge is 1.91. The SMILES string of the molecule is NCCOCCc1cccnc1. The number of ether oxygens (including phenoxy) is 1. The van der Waals surface area contributed by atoms with Gasteiger partial charge in [-0.3, -0.25) is 4.98 Å². The second-order valence-electron chi connectivity index (χ2n) is 2.51. The van der Waals surface area contributed by atoms with Crippen molar-refractivity contribution in [3.63, 3.8) is 0 Å². The van der Waals surface area contributed by atoms with Crippen molar-refractivity contribution in [1.29, 1.82) is 0 Å². The van der Waals surface area contributed by atoms with E-state index in [0.29, 0.717) is 13.2 Å². The summed E-state index contributed by atoms with van der Waals surface area (Å²) < 4.78 is 5.23. The van der Waals surface area contributed by atoms with Gasteiger partial charge in [0.25, 0.3) is 0 Å². The van der Waals surface area contributed by atoms with E-state index in [4.69, 9.17) is 10.5 Å². The quantitative estimate of drug-likeness (QED) is 0.651. The van der Waals surface area contributed by atoms with E-state index in [1.807, 2.05) is 18.3 Å². The fourth-order valence-corrected chi connectivity index (χ4v) is 0.921. The zero-order chi connectivity index (χ0) is 8.65. The largest absolute Gasteiger partial charge is 0.380 e. The van der Waals surface area contributed by atoms with Gasteiger partial charge < -0.3 is 10.5 Å². The lowest BCUT2D eigenvalue weighted by atomic mass is 10.2. The predicted molar refractivity (Wildman–Crippen MR) is 47.8 cm³/mol. The van der Waals surface area contributed by atoms with Gasteiger partial charge in [0, 0.05) is 18.9 Å². The molecule has 1 rings (SSSR count). The minimum Gasteiger partial charge on any atom is -0.380 e. The van der Waals surface area contributed by atoms with Gasteiger partial charge in [-0.15, -0.1) is 0 Å². The molecule has 0 radical (unpaired) electrons. The molecular formula is C9H14N2O. The molecule has 3 nitrogen and oxygen atoms in total. The Morgan fingerprint density at radius 3 is 3.00 bits per heavy atom. The molecule has 2 N–H and O–H groups in total. The van der Waals surface area contributed by atoms with Crippen molar-refractivity contribution < 1.29 is 4.74 Å². The molecule has 3 heteroatoms. The minimum absolute atomic E-state index is 0.590. The van der Waals surface area contributed by atoms with E-state index in [0.717, 1.165) is 13.0 Å². The van der Waals surface area contributed by atoms with Gasteiger partial charge in [0.05, 0.1) is 13.2 Å². The van der Waals surface area contributed by atoms with Crippen molar-refractivity contribution in [2.45, 2.75) is 6.42 Å². The van der Waals surface area contributed by atoms with Crippen LogP contribution < -0.4 is 5.73 Å². The molecule has 0 spiro atoms. The lowest BCUT2D eigenvalue weighted by Gasteiger charge is -2.01. The molecule has 66 valence electrons. The summed E-state index contributed by atoms with van der Waals surface area (Å²) in [5.74, 6) is 0. The van der Waals surface area contributed by atoms with Crippen molar-refractivity contribution in [1.82, 2.24) is 4.98 Å². The molecular weight excluding hydrogens is 152 g/mol. The van der Waals surface area contributed by atoms with E-state index in [9.17, 15) is 0 Å². The summed E-state index contributed by atoms with van der Waals surface area (Å²) in [5.41, 5.74) is 6.47. The lowest BCUT2D eigenvalue weighted by Crippen LogP contribution is -2.10. The summed E-state index contributed by atoms with van der Waals surface area (Å²) in [6.07, 6.45) is 4.53. The molecule has 0 bridgehead atoms. The van der Waals surface area contributed by atoms with Crippen LogP contribution in [0.1, 0.15) is 5.56 Å². The Hall–Kier alpha value is -0.930. The molecule has 0 aliphatic rings. The Morgan fingerprint density at radius 2 is 2.33 bits per heavy atom. The Balaban J connectivity index is 2.16. The number of nitrogens with two attached hydrogens (primary N) is 1. The number of hydrogen-bond acceptors (Lipinski definition) is 3. The standard InChI is InChI=1S/C9H14N2O/c10-4-7-12-6-3-9-2-1-5-11-8-9/h1-2,5,8H,3-4,6-7,10H2. The monoisotopic (exact) mass is 166 g/mol. The molecule has 1 heterocycles. The van der Waals surface area contributed by atoms with Crippen LogP contribution in [0, 0.1) is 0 Å². The van der Waals surface area contributed by atoms with E-state index < -0.39 is 0 Å². The maximum atomic E-state index is 5.27. The van der Waals surface area contributed by atoms with Crippen LogP contribution in [0.15, 0.2) is 24.5 Å². The smallest absolute Gasteiger partial charge is 0.0588 e. The summed E-state index contributed by atoms with van der Waals surface area (Å²) in [4.78, 5) is 4.00. The van der Waals surface area contributed by atoms with E-state index in [1.54, 1.807) is 6.20 Å². The van der Waals surface area contributed by atoms with Crippen molar-refractivity contribution >= 4 is 0 Å². The molecule has 12 heavy (non-hydrogen) atoms. The Kier molecular flexibility index (Phi) is 4.34. The molecule has 0 aromatic carbocycles. The molecule has 0 amide bonds. The van der Waals surface area contributed by atoms with E-state index in [2.05, 4.69) is 4.98 Å². The van der Waals surface area contributed by atoms with Gasteiger partial charge in [-0.05, 0) is 18.1 Å². The summed E-state index contributed by atoms with van der Waals surface area (Å²) in [5, 5.41) is 0. The zero-order valence-corrected chi connectivity index (χ0v) is 7.07. The first-order valence-electron chi connectivity index (χ1n) is 4.10. The average molecular weight is 166 g/mol. The Bertz CT molecular complexity index is 201. The fraction of sp³-hybridized carbons (Fsp3) is 0.444. The van der Waals surface area contributed by atoms with Crippen LogP contribution in [-0.2, 0) is 11.2 Å². The third-order valence-electron chi connectivity index (χ3n) is 1.52. The molecule has 1 aromatic heterocycles. The Labute approximate surface area is 72.6 Å². The average Bonchev–Trinajstić information content (AvgIpc) is 2.14. The fourth-order valence-electron chi connectivity index (χ4n) is 0.921. The van der Waals surface area contributed by atoms with Crippen LogP contribution in [-0.4, -0.2) is 24.7 Å². The van der Waals surface area contributed by atoms with Gasteiger partial charge in [-0.1, -0.05) is 6.07 Å². The molecule has 1 aromatic rings. The molecule has 0 saturated heterocycles. The van der Waals surface area contributed by atoms with E-state index in [1.165, 1.54) is 5.56 Å². The third kappa shape index (κ3) is 3.46. The number of pyridine rings is 1. The molecule has 0 aliphatic heterocycles. The van der Waals surface area contributed by atoms with Crippen LogP contribution in [0.25, 0.3) is 0 Å². The van der Waals surface area contributed by atoms with Crippen molar-refractivity contribution in [3.8, 4) is 0 Å². The van der Waals surface area contributed by atoms with E-state index >= 15 is 0 Å². The number of aromatic nitrogens is 1. The third-order valence-corrected chi connectivity index (χ3v) is 1.52. The van der Waals surface area contributed by atoms with Gasteiger partial charge in [0.2, 0.25) is 0 Å². The summed E-state index contributed by atoms with van der Waals surface area (Å²) in [6.45, 7) is 1.95. The summed E-state index contributed by atoms with van der Waals surface area (Å²) in [7, 11) is 0. The highest BCUT2D eigenvalue weighted by atomic mass is 16.5. The highest BCUT2D eigenvalue weighted by Crippen LogP contribution is 1.96. The van der Waals surface area contributed by atoms with E-state index in [-0.39, 0.29) is 0 Å². The van der Waals surface area contributed by atoms with Gasteiger partial charge in [-0.2, -0.15) is 0 Å². The number of hydrogen-bond donors (Lipinski definition) is 1. The molecule has 0 saturated carbocycles. The van der Waals surface area contributed by atoms with Gasteiger partial charge >= 0.3 is 0 Å². The Morgan fingerprint density at radius 1 is 1.42 bits per heavy atom. The molecule has 0 fully saturated rings. The maximum absolute atomic E-state index is 5.27. The van der Waals surface area contributed by atoms with Crippen molar-refractivity contribution in [2.75, 3.05) is 19.8 Å². The molecule has 0 unspecified atom stereocenters. The molecule has 0 atom stereocenters. The van der Waals surface area contributed by atoms with Crippen LogP contribution in [0.3, 0.4) is 0 Å². The lowest BCUT2D eigenvalue weighted by molar-refractivity contribution is 0.144. The maximum Gasteiger partial charge on any atom is 0.0588 e. The van der Waals surface area contributed by atoms with Crippen molar-refractivity contribution in [2.24, 2.45) is 5.73 Å². The second kappa shape index (κ2) is 5.69. The van der Waals surface area contributed by atoms with Crippen LogP contribution in [0.5, 0.6) is 0 Å². The predicted octanol–water partition coefficient (Wildman–Crippen LogP) is 0.599. The van der Waals surface area contributed by atoms with Crippen LogP contribution in [0.2, 0.25) is 0 Å². The van der Waals surface area contributed by atoms with Gasteiger partial charge in [-0.25, -0.2) is 0 Å². The topological polar surface area (TPSA) is 48.1 Å². The van der Waals surface area contributed by atoms with Crippen LogP contribution >= 0.6 is 0 Å². The normalized spacial score (nSPS) is 10.1. The van der Waals surface area contributed by atoms with Gasteiger partial charge in [0.15, 0.2) is 0 Å². The summed E-state index contributed by atoms with van der Waals surface area (Å²) in [6, 6.07) is 3.97. The van der Waals surface area contributed by atoms with Crippen molar-refractivity contribution in [3.05, 3.63) is 30.1 Å². The first-order chi connectivity index (χ1) is 5.93. The zero-order valence-electron chi connectivity index (χ0n) is 7.07. The second-order valence-corrected chi connectivity index (χ2v) is 2.51. The number of rotatable bonds is 5. The highest BCUT2D eigenvalue weighted by molar-refractivity contribution is 5.08.